The van der Waals surface area contributed by atoms with Crippen molar-refractivity contribution < 1.29 is 14.4 Å². The van der Waals surface area contributed by atoms with Crippen LogP contribution in [0.15, 0.2) is 95.7 Å². The number of imide groups is 1. The van der Waals surface area contributed by atoms with Crippen LogP contribution in [0.1, 0.15) is 53.6 Å². The molecule has 1 N–H and O–H groups in total. The minimum Gasteiger partial charge on any atom is -0.350 e. The molecule has 0 bridgehead atoms. The molecule has 6 nitrogen and oxygen atoms in total. The van der Waals surface area contributed by atoms with E-state index in [0.29, 0.717) is 24.3 Å². The van der Waals surface area contributed by atoms with Crippen LogP contribution in [0, 0.1) is 0 Å². The average Bonchev–Trinajstić information content (AvgIpc) is 3.17. The zero-order chi connectivity index (χ0) is 26.5. The second kappa shape index (κ2) is 11.7. The minimum absolute atomic E-state index is 0.0855. The number of hydrogen-bond acceptors (Lipinski definition) is 4. The third kappa shape index (κ3) is 5.65. The van der Waals surface area contributed by atoms with Gasteiger partial charge >= 0.3 is 0 Å². The van der Waals surface area contributed by atoms with E-state index in [2.05, 4.69) is 5.32 Å². The molecule has 0 radical (unpaired) electrons. The van der Waals surface area contributed by atoms with Crippen molar-refractivity contribution in [2.24, 2.45) is 0 Å². The summed E-state index contributed by atoms with van der Waals surface area (Å²) >= 11 is 6.31. The Bertz CT molecular complexity index is 1290. The molecule has 0 unspecified atom stereocenters. The van der Waals surface area contributed by atoms with E-state index in [1.54, 1.807) is 24.3 Å². The molecule has 1 aliphatic carbocycles. The highest BCUT2D eigenvalue weighted by molar-refractivity contribution is 6.48. The van der Waals surface area contributed by atoms with Gasteiger partial charge in [-0.15, -0.1) is 0 Å². The minimum atomic E-state index is -0.435. The molecule has 194 valence electrons. The Kier molecular flexibility index (Phi) is 7.89. The molecule has 1 aliphatic heterocycles. The molecule has 0 aromatic heterocycles. The predicted molar refractivity (Wildman–Crippen MR) is 148 cm³/mol. The zero-order valence-electron chi connectivity index (χ0n) is 21.1. The number of benzene rings is 3. The first kappa shape index (κ1) is 25.7. The number of nitrogens with zero attached hydrogens (tertiary/aromatic N) is 2. The summed E-state index contributed by atoms with van der Waals surface area (Å²) in [6, 6.07) is 26.6. The van der Waals surface area contributed by atoms with Crippen molar-refractivity contribution in [1.29, 1.82) is 0 Å². The topological polar surface area (TPSA) is 69.7 Å². The molecule has 2 aliphatic rings. The molecule has 1 saturated carbocycles. The molecular weight excluding hydrogens is 498 g/mol. The van der Waals surface area contributed by atoms with Crippen LogP contribution in [0.25, 0.3) is 0 Å². The maximum atomic E-state index is 13.5. The Morgan fingerprint density at radius 1 is 0.789 bits per heavy atom. The Labute approximate surface area is 227 Å². The van der Waals surface area contributed by atoms with Gasteiger partial charge in [0, 0.05) is 30.4 Å². The number of nitrogens with one attached hydrogen (secondary N) is 1. The van der Waals surface area contributed by atoms with E-state index in [4.69, 9.17) is 11.6 Å². The molecule has 3 amide bonds. The Balaban J connectivity index is 1.31. The van der Waals surface area contributed by atoms with Gasteiger partial charge in [0.1, 0.15) is 10.7 Å². The first-order valence-corrected chi connectivity index (χ1v) is 13.4. The summed E-state index contributed by atoms with van der Waals surface area (Å²) in [4.78, 5) is 42.5. The van der Waals surface area contributed by atoms with Gasteiger partial charge in [0.2, 0.25) is 0 Å². The highest BCUT2D eigenvalue weighted by Gasteiger charge is 2.42. The fourth-order valence-electron chi connectivity index (χ4n) is 5.13. The number of rotatable bonds is 8. The lowest BCUT2D eigenvalue weighted by Gasteiger charge is -2.29. The van der Waals surface area contributed by atoms with E-state index >= 15 is 0 Å². The maximum Gasteiger partial charge on any atom is 0.279 e. The summed E-state index contributed by atoms with van der Waals surface area (Å²) in [7, 11) is 0. The molecule has 1 fully saturated rings. The van der Waals surface area contributed by atoms with Crippen LogP contribution >= 0.6 is 11.6 Å². The summed E-state index contributed by atoms with van der Waals surface area (Å²) in [5.41, 5.74) is 3.29. The zero-order valence-corrected chi connectivity index (χ0v) is 21.9. The van der Waals surface area contributed by atoms with Gasteiger partial charge in [-0.2, -0.15) is 0 Å². The van der Waals surface area contributed by atoms with Crippen LogP contribution < -0.4 is 5.32 Å². The van der Waals surface area contributed by atoms with Crippen molar-refractivity contribution in [2.45, 2.75) is 51.2 Å². The number of amides is 3. The van der Waals surface area contributed by atoms with E-state index in [1.807, 2.05) is 65.6 Å². The van der Waals surface area contributed by atoms with Crippen LogP contribution in [0.5, 0.6) is 0 Å². The smallest absolute Gasteiger partial charge is 0.279 e. The summed E-state index contributed by atoms with van der Waals surface area (Å²) in [6.45, 7) is 0.954. The van der Waals surface area contributed by atoms with Gasteiger partial charge in [0.15, 0.2) is 0 Å². The number of carbonyl (C=O) groups is 3. The third-order valence-corrected chi connectivity index (χ3v) is 7.47. The Morgan fingerprint density at radius 3 is 1.89 bits per heavy atom. The number of hydrogen-bond donors (Lipinski definition) is 1. The van der Waals surface area contributed by atoms with Crippen molar-refractivity contribution in [3.8, 4) is 0 Å². The van der Waals surface area contributed by atoms with Crippen molar-refractivity contribution in [3.05, 3.63) is 112 Å². The third-order valence-electron chi connectivity index (χ3n) is 7.12. The molecular formula is C31H30ClN3O3. The average molecular weight is 528 g/mol. The quantitative estimate of drug-likeness (QED) is 0.360. The van der Waals surface area contributed by atoms with Gasteiger partial charge in [-0.3, -0.25) is 19.3 Å². The molecule has 0 spiro atoms. The first-order valence-electron chi connectivity index (χ1n) is 13.0. The Hall–Kier alpha value is -3.90. The molecule has 0 atom stereocenters. The van der Waals surface area contributed by atoms with Crippen LogP contribution in [0.2, 0.25) is 0 Å². The van der Waals surface area contributed by atoms with Crippen LogP contribution in [-0.4, -0.2) is 33.6 Å². The fraction of sp³-hybridized carbons (Fsp3) is 0.258. The van der Waals surface area contributed by atoms with Crippen molar-refractivity contribution in [3.63, 3.8) is 0 Å². The second-order valence-electron chi connectivity index (χ2n) is 9.80. The fourth-order valence-corrected chi connectivity index (χ4v) is 5.35. The highest BCUT2D eigenvalue weighted by atomic mass is 35.5. The van der Waals surface area contributed by atoms with E-state index in [0.717, 1.165) is 43.2 Å². The second-order valence-corrected chi connectivity index (χ2v) is 10.2. The van der Waals surface area contributed by atoms with Gasteiger partial charge < -0.3 is 10.2 Å². The molecule has 3 aromatic rings. The maximum absolute atomic E-state index is 13.5. The van der Waals surface area contributed by atoms with Gasteiger partial charge in [-0.05, 0) is 48.2 Å². The van der Waals surface area contributed by atoms with E-state index < -0.39 is 5.91 Å². The molecule has 5 rings (SSSR count). The number of anilines is 1. The van der Waals surface area contributed by atoms with Gasteiger partial charge in [-0.1, -0.05) is 91.5 Å². The summed E-state index contributed by atoms with van der Waals surface area (Å²) in [6.07, 6.45) is 4.76. The number of halogens is 1. The Morgan fingerprint density at radius 2 is 1.34 bits per heavy atom. The lowest BCUT2D eigenvalue weighted by Crippen LogP contribution is -2.42. The van der Waals surface area contributed by atoms with E-state index in [-0.39, 0.29) is 28.6 Å². The van der Waals surface area contributed by atoms with Gasteiger partial charge in [-0.25, -0.2) is 0 Å². The van der Waals surface area contributed by atoms with Crippen LogP contribution in [-0.2, 0) is 22.7 Å². The highest BCUT2D eigenvalue weighted by Crippen LogP contribution is 2.32. The van der Waals surface area contributed by atoms with E-state index in [9.17, 15) is 14.4 Å². The summed E-state index contributed by atoms with van der Waals surface area (Å²) in [5, 5.41) is 2.94. The predicted octanol–water partition coefficient (Wildman–Crippen LogP) is 6.09. The molecule has 3 aromatic carbocycles. The van der Waals surface area contributed by atoms with Crippen LogP contribution in [0.3, 0.4) is 0 Å². The molecule has 38 heavy (non-hydrogen) atoms. The van der Waals surface area contributed by atoms with Crippen molar-refractivity contribution >= 4 is 35.0 Å². The SMILES string of the molecule is O=C(c1ccc(NC2=C(Cl)C(=O)N(C3CCCCC3)C2=O)cc1)N(Cc1ccccc1)Cc1ccccc1. The summed E-state index contributed by atoms with van der Waals surface area (Å²) < 4.78 is 0. The largest absolute Gasteiger partial charge is 0.350 e. The van der Waals surface area contributed by atoms with Gasteiger partial charge in [0.05, 0.1) is 0 Å². The molecule has 7 heteroatoms. The summed E-state index contributed by atoms with van der Waals surface area (Å²) in [5.74, 6) is -0.920. The van der Waals surface area contributed by atoms with E-state index in [1.165, 1.54) is 4.90 Å². The number of carbonyl (C=O) groups excluding carboxylic acids is 3. The normalized spacial score (nSPS) is 16.2. The first-order chi connectivity index (χ1) is 18.5. The van der Waals surface area contributed by atoms with Crippen molar-refractivity contribution in [1.82, 2.24) is 9.80 Å². The molecule has 1 heterocycles. The lowest BCUT2D eigenvalue weighted by molar-refractivity contribution is -0.140. The van der Waals surface area contributed by atoms with Crippen molar-refractivity contribution in [2.75, 3.05) is 5.32 Å². The lowest BCUT2D eigenvalue weighted by atomic mass is 9.94. The molecule has 0 saturated heterocycles. The standard InChI is InChI=1S/C31H30ClN3O3/c32-27-28(31(38)35(30(27)37)26-14-8-3-9-15-26)33-25-18-16-24(17-19-25)29(36)34(20-22-10-4-1-5-11-22)21-23-12-6-2-7-13-23/h1-2,4-7,10-13,16-19,26,33H,3,8-9,14-15,20-21H2. The monoisotopic (exact) mass is 527 g/mol. The van der Waals surface area contributed by atoms with Gasteiger partial charge in [0.25, 0.3) is 17.7 Å². The van der Waals surface area contributed by atoms with Crippen LogP contribution in [0.4, 0.5) is 5.69 Å².